The molecule has 18 heavy (non-hydrogen) atoms. The second-order valence-corrected chi connectivity index (χ2v) is 4.41. The topological polar surface area (TPSA) is 29.5 Å². The van der Waals surface area contributed by atoms with Crippen molar-refractivity contribution >= 4 is 15.9 Å². The molecule has 0 aromatic heterocycles. The smallest absolute Gasteiger partial charge is 0.141 e. The highest BCUT2D eigenvalue weighted by Gasteiger charge is 2.10. The standard InChI is InChI=1S/C13H9BrF2O2/c14-10-5-4-8(6-12(10)16)18-13-3-1-2-11(15)9(13)7-17/h1-6,17H,7H2. The Morgan fingerprint density at radius 1 is 1.11 bits per heavy atom. The van der Waals surface area contributed by atoms with Crippen molar-refractivity contribution in [1.82, 2.24) is 0 Å². The van der Waals surface area contributed by atoms with Crippen LogP contribution in [0.2, 0.25) is 0 Å². The van der Waals surface area contributed by atoms with E-state index in [0.29, 0.717) is 4.47 Å². The van der Waals surface area contributed by atoms with Gasteiger partial charge < -0.3 is 9.84 Å². The van der Waals surface area contributed by atoms with Gasteiger partial charge in [-0.1, -0.05) is 6.07 Å². The molecule has 0 unspecified atom stereocenters. The van der Waals surface area contributed by atoms with E-state index in [1.54, 1.807) is 6.07 Å². The third kappa shape index (κ3) is 2.68. The van der Waals surface area contributed by atoms with Gasteiger partial charge >= 0.3 is 0 Å². The van der Waals surface area contributed by atoms with E-state index in [0.717, 1.165) is 0 Å². The van der Waals surface area contributed by atoms with Crippen LogP contribution in [0.25, 0.3) is 0 Å². The Bertz CT molecular complexity index is 573. The van der Waals surface area contributed by atoms with Gasteiger partial charge in [0, 0.05) is 6.07 Å². The summed E-state index contributed by atoms with van der Waals surface area (Å²) in [5.74, 6) is -0.641. The number of benzene rings is 2. The number of hydrogen-bond donors (Lipinski definition) is 1. The van der Waals surface area contributed by atoms with Gasteiger partial charge in [-0.25, -0.2) is 8.78 Å². The van der Waals surface area contributed by atoms with E-state index in [1.807, 2.05) is 0 Å². The molecule has 0 fully saturated rings. The molecule has 0 saturated carbocycles. The quantitative estimate of drug-likeness (QED) is 0.927. The largest absolute Gasteiger partial charge is 0.457 e. The number of hydrogen-bond acceptors (Lipinski definition) is 2. The molecule has 0 amide bonds. The minimum Gasteiger partial charge on any atom is -0.457 e. The summed E-state index contributed by atoms with van der Waals surface area (Å²) in [6.45, 7) is -0.485. The summed E-state index contributed by atoms with van der Waals surface area (Å²) in [5, 5.41) is 9.07. The lowest BCUT2D eigenvalue weighted by atomic mass is 10.2. The van der Waals surface area contributed by atoms with Crippen molar-refractivity contribution in [3.05, 3.63) is 58.1 Å². The van der Waals surface area contributed by atoms with Crippen LogP contribution in [0.4, 0.5) is 8.78 Å². The summed E-state index contributed by atoms with van der Waals surface area (Å²) < 4.78 is 32.3. The third-order valence-corrected chi connectivity index (χ3v) is 3.00. The van der Waals surface area contributed by atoms with Gasteiger partial charge in [0.05, 0.1) is 16.6 Å². The molecule has 5 heteroatoms. The van der Waals surface area contributed by atoms with Crippen LogP contribution in [0.5, 0.6) is 11.5 Å². The first-order chi connectivity index (χ1) is 8.61. The summed E-state index contributed by atoms with van der Waals surface area (Å²) in [6, 6.07) is 8.39. The lowest BCUT2D eigenvalue weighted by Gasteiger charge is -2.10. The summed E-state index contributed by atoms with van der Waals surface area (Å²) in [6.07, 6.45) is 0. The first-order valence-electron chi connectivity index (χ1n) is 5.13. The van der Waals surface area contributed by atoms with Crippen LogP contribution in [0.1, 0.15) is 5.56 Å². The van der Waals surface area contributed by atoms with E-state index in [2.05, 4.69) is 15.9 Å². The highest BCUT2D eigenvalue weighted by atomic mass is 79.9. The van der Waals surface area contributed by atoms with Gasteiger partial charge in [-0.2, -0.15) is 0 Å². The fraction of sp³-hybridized carbons (Fsp3) is 0.0769. The molecule has 94 valence electrons. The number of ether oxygens (including phenoxy) is 1. The predicted molar refractivity (Wildman–Crippen MR) is 66.5 cm³/mol. The molecule has 2 aromatic rings. The molecule has 0 heterocycles. The Morgan fingerprint density at radius 3 is 2.56 bits per heavy atom. The highest BCUT2D eigenvalue weighted by Crippen LogP contribution is 2.29. The molecule has 0 aliphatic heterocycles. The Hall–Kier alpha value is -1.46. The molecule has 2 rings (SSSR count). The SMILES string of the molecule is OCc1c(F)cccc1Oc1ccc(Br)c(F)c1. The van der Waals surface area contributed by atoms with Crippen LogP contribution in [0.3, 0.4) is 0 Å². The average molecular weight is 315 g/mol. The second-order valence-electron chi connectivity index (χ2n) is 3.55. The van der Waals surface area contributed by atoms with E-state index in [-0.39, 0.29) is 17.1 Å². The van der Waals surface area contributed by atoms with Crippen LogP contribution in [0.15, 0.2) is 40.9 Å². The van der Waals surface area contributed by atoms with Gasteiger partial charge in [0.1, 0.15) is 23.1 Å². The Balaban J connectivity index is 2.34. The van der Waals surface area contributed by atoms with Crippen molar-refractivity contribution in [2.24, 2.45) is 0 Å². The minimum absolute atomic E-state index is 0.0424. The van der Waals surface area contributed by atoms with E-state index in [9.17, 15) is 8.78 Å². The van der Waals surface area contributed by atoms with Crippen LogP contribution in [-0.2, 0) is 6.61 Å². The van der Waals surface area contributed by atoms with Crippen molar-refractivity contribution in [1.29, 1.82) is 0 Å². The lowest BCUT2D eigenvalue weighted by Crippen LogP contribution is -1.95. The first-order valence-corrected chi connectivity index (χ1v) is 5.92. The fourth-order valence-corrected chi connectivity index (χ4v) is 1.70. The maximum atomic E-state index is 13.4. The molecule has 0 atom stereocenters. The molecular formula is C13H9BrF2O2. The molecule has 1 N–H and O–H groups in total. The van der Waals surface area contributed by atoms with Crippen molar-refractivity contribution in [2.75, 3.05) is 0 Å². The van der Waals surface area contributed by atoms with Gasteiger partial charge in [-0.3, -0.25) is 0 Å². The van der Waals surface area contributed by atoms with Gasteiger partial charge in [-0.05, 0) is 40.2 Å². The highest BCUT2D eigenvalue weighted by molar-refractivity contribution is 9.10. The monoisotopic (exact) mass is 314 g/mol. The zero-order chi connectivity index (χ0) is 13.1. The summed E-state index contributed by atoms with van der Waals surface area (Å²) in [5.41, 5.74) is 0.0424. The molecular weight excluding hydrogens is 306 g/mol. The van der Waals surface area contributed by atoms with Crippen molar-refractivity contribution < 1.29 is 18.6 Å². The predicted octanol–water partition coefficient (Wildman–Crippen LogP) is 4.01. The fourth-order valence-electron chi connectivity index (χ4n) is 1.46. The van der Waals surface area contributed by atoms with E-state index >= 15 is 0 Å². The molecule has 0 aliphatic carbocycles. The van der Waals surface area contributed by atoms with Crippen LogP contribution in [-0.4, -0.2) is 5.11 Å². The average Bonchev–Trinajstić information content (AvgIpc) is 2.34. The van der Waals surface area contributed by atoms with Gasteiger partial charge in [0.25, 0.3) is 0 Å². The molecule has 0 aliphatic rings. The summed E-state index contributed by atoms with van der Waals surface area (Å²) in [7, 11) is 0. The Morgan fingerprint density at radius 2 is 1.89 bits per heavy atom. The molecule has 0 saturated heterocycles. The number of aliphatic hydroxyl groups is 1. The lowest BCUT2D eigenvalue weighted by molar-refractivity contribution is 0.270. The van der Waals surface area contributed by atoms with E-state index in [4.69, 9.17) is 9.84 Å². The second kappa shape index (κ2) is 5.46. The summed E-state index contributed by atoms with van der Waals surface area (Å²) >= 11 is 3.02. The van der Waals surface area contributed by atoms with Crippen molar-refractivity contribution in [3.8, 4) is 11.5 Å². The van der Waals surface area contributed by atoms with Crippen molar-refractivity contribution in [3.63, 3.8) is 0 Å². The maximum absolute atomic E-state index is 13.4. The van der Waals surface area contributed by atoms with Crippen molar-refractivity contribution in [2.45, 2.75) is 6.61 Å². The van der Waals surface area contributed by atoms with Gasteiger partial charge in [0.2, 0.25) is 0 Å². The molecule has 2 nitrogen and oxygen atoms in total. The maximum Gasteiger partial charge on any atom is 0.141 e. The number of rotatable bonds is 3. The Kier molecular flexibility index (Phi) is 3.93. The van der Waals surface area contributed by atoms with E-state index in [1.165, 1.54) is 30.3 Å². The zero-order valence-corrected chi connectivity index (χ0v) is 10.7. The number of halogens is 3. The number of aliphatic hydroxyl groups excluding tert-OH is 1. The molecule has 2 aromatic carbocycles. The van der Waals surface area contributed by atoms with E-state index < -0.39 is 18.2 Å². The third-order valence-electron chi connectivity index (χ3n) is 2.35. The summed E-state index contributed by atoms with van der Waals surface area (Å²) in [4.78, 5) is 0. The molecule has 0 bridgehead atoms. The molecule has 0 radical (unpaired) electrons. The Labute approximate surface area is 111 Å². The molecule has 0 spiro atoms. The van der Waals surface area contributed by atoms with Crippen LogP contribution in [0, 0.1) is 11.6 Å². The normalized spacial score (nSPS) is 10.4. The van der Waals surface area contributed by atoms with Crippen LogP contribution >= 0.6 is 15.9 Å². The van der Waals surface area contributed by atoms with Gasteiger partial charge in [0.15, 0.2) is 0 Å². The first kappa shape index (κ1) is 13.0. The van der Waals surface area contributed by atoms with Gasteiger partial charge in [-0.15, -0.1) is 0 Å². The van der Waals surface area contributed by atoms with Crippen LogP contribution < -0.4 is 4.74 Å². The zero-order valence-electron chi connectivity index (χ0n) is 9.16. The minimum atomic E-state index is -0.562.